The second kappa shape index (κ2) is 14.0. The summed E-state index contributed by atoms with van der Waals surface area (Å²) in [5.74, 6) is 0. The fraction of sp³-hybridized carbons (Fsp3) is 0.0741. The molecule has 0 aliphatic heterocycles. The number of hydrogen-bond donors (Lipinski definition) is 0. The largest absolute Gasteiger partial charge is 0.140 e. The Hall–Kier alpha value is -5.62. The highest BCUT2D eigenvalue weighted by molar-refractivity contribution is 7.24. The zero-order chi connectivity index (χ0) is 39.1. The minimum Gasteiger partial charge on any atom is -0.140 e. The summed E-state index contributed by atoms with van der Waals surface area (Å²) in [6.07, 6.45) is 0. The van der Waals surface area contributed by atoms with Crippen LogP contribution in [0.4, 0.5) is 0 Å². The van der Waals surface area contributed by atoms with Gasteiger partial charge < -0.3 is 0 Å². The van der Waals surface area contributed by atoms with Gasteiger partial charge in [0.2, 0.25) is 0 Å². The molecule has 11 aromatic rings. The van der Waals surface area contributed by atoms with Gasteiger partial charge in [0.25, 0.3) is 0 Å². The monoisotopic (exact) mass is 814 g/mol. The van der Waals surface area contributed by atoms with E-state index in [1.807, 2.05) is 45.3 Å². The van der Waals surface area contributed by atoms with Gasteiger partial charge in [0, 0.05) is 60.2 Å². The Morgan fingerprint density at radius 1 is 0.310 bits per heavy atom. The molecule has 0 N–H and O–H groups in total. The minimum absolute atomic E-state index is 1.25. The molecular formula is C54H38S4. The fourth-order valence-electron chi connectivity index (χ4n) is 8.76. The first-order chi connectivity index (χ1) is 28.3. The molecule has 0 fully saturated rings. The van der Waals surface area contributed by atoms with Gasteiger partial charge in [0.05, 0.1) is 0 Å². The van der Waals surface area contributed by atoms with Crippen LogP contribution in [0.3, 0.4) is 0 Å². The summed E-state index contributed by atoms with van der Waals surface area (Å²) in [6.45, 7) is 8.98. The van der Waals surface area contributed by atoms with Crippen molar-refractivity contribution < 1.29 is 0 Å². The third kappa shape index (κ3) is 6.06. The molecule has 4 heteroatoms. The zero-order valence-corrected chi connectivity index (χ0v) is 35.9. The third-order valence-electron chi connectivity index (χ3n) is 11.7. The third-order valence-corrected chi connectivity index (χ3v) is 16.2. The molecule has 0 spiro atoms. The molecular weight excluding hydrogens is 777 g/mol. The molecule has 4 heterocycles. The van der Waals surface area contributed by atoms with E-state index in [-0.39, 0.29) is 0 Å². The average molecular weight is 815 g/mol. The first-order valence-corrected chi connectivity index (χ1v) is 23.0. The van der Waals surface area contributed by atoms with E-state index in [1.54, 1.807) is 0 Å². The van der Waals surface area contributed by atoms with Gasteiger partial charge in [-0.25, -0.2) is 0 Å². The lowest BCUT2D eigenvalue weighted by Gasteiger charge is -2.10. The molecule has 0 unspecified atom stereocenters. The number of aryl methyl sites for hydroxylation is 4. The molecule has 0 nitrogen and oxygen atoms in total. The van der Waals surface area contributed by atoms with E-state index in [9.17, 15) is 0 Å². The molecule has 0 amide bonds. The fourth-order valence-corrected chi connectivity index (χ4v) is 13.1. The molecule has 0 saturated carbocycles. The van der Waals surface area contributed by atoms with Gasteiger partial charge in [-0.05, 0) is 131 Å². The first-order valence-electron chi connectivity index (χ1n) is 19.7. The Balaban J connectivity index is 0.821. The predicted molar refractivity (Wildman–Crippen MR) is 260 cm³/mol. The van der Waals surface area contributed by atoms with Crippen LogP contribution < -0.4 is 0 Å². The summed E-state index contributed by atoms with van der Waals surface area (Å²) in [6, 6.07) is 59.1. The van der Waals surface area contributed by atoms with Crippen LogP contribution in [0, 0.1) is 27.7 Å². The van der Waals surface area contributed by atoms with E-state index >= 15 is 0 Å². The van der Waals surface area contributed by atoms with Gasteiger partial charge in [-0.15, -0.1) is 45.3 Å². The molecule has 278 valence electrons. The summed E-state index contributed by atoms with van der Waals surface area (Å²) >= 11 is 7.54. The molecule has 0 bridgehead atoms. The Kier molecular flexibility index (Phi) is 8.60. The molecule has 0 radical (unpaired) electrons. The van der Waals surface area contributed by atoms with Crippen molar-refractivity contribution in [2.24, 2.45) is 0 Å². The van der Waals surface area contributed by atoms with Crippen molar-refractivity contribution in [2.45, 2.75) is 27.7 Å². The second-order valence-corrected chi connectivity index (χ2v) is 20.1. The highest BCUT2D eigenvalue weighted by atomic mass is 32.1. The van der Waals surface area contributed by atoms with E-state index in [2.05, 4.69) is 185 Å². The molecule has 0 aliphatic rings. The smallest absolute Gasteiger partial charge is 0.0356 e. The van der Waals surface area contributed by atoms with E-state index in [0.717, 1.165) is 0 Å². The molecule has 0 atom stereocenters. The maximum absolute atomic E-state index is 2.38. The number of rotatable bonds is 6. The Bertz CT molecular complexity index is 3090. The lowest BCUT2D eigenvalue weighted by atomic mass is 9.94. The van der Waals surface area contributed by atoms with Gasteiger partial charge in [0.15, 0.2) is 0 Å². The highest BCUT2D eigenvalue weighted by Gasteiger charge is 2.16. The van der Waals surface area contributed by atoms with Crippen LogP contribution in [-0.2, 0) is 0 Å². The summed E-state index contributed by atoms with van der Waals surface area (Å²) in [4.78, 5) is 5.37. The SMILES string of the molecule is Cc1cc(-c2ccc(-c3cc4cc5sc(-c6ccc(-c7ccc(-c8c(C)sc9ccccc89)c(C)c7)cc6)cc5cc4s3)cc2)ccc1-c1c(C)sc2ccccc12. The lowest BCUT2D eigenvalue weighted by Crippen LogP contribution is -1.87. The van der Waals surface area contributed by atoms with Crippen molar-refractivity contribution in [1.29, 1.82) is 0 Å². The van der Waals surface area contributed by atoms with Crippen molar-refractivity contribution in [3.63, 3.8) is 0 Å². The van der Waals surface area contributed by atoms with Crippen LogP contribution in [-0.4, -0.2) is 0 Å². The maximum atomic E-state index is 2.38. The van der Waals surface area contributed by atoms with E-state index < -0.39 is 0 Å². The van der Waals surface area contributed by atoms with Crippen LogP contribution in [0.2, 0.25) is 0 Å². The summed E-state index contributed by atoms with van der Waals surface area (Å²) in [5, 5.41) is 5.33. The Morgan fingerprint density at radius 2 is 0.690 bits per heavy atom. The van der Waals surface area contributed by atoms with Crippen LogP contribution in [0.1, 0.15) is 20.9 Å². The van der Waals surface area contributed by atoms with Crippen molar-refractivity contribution in [1.82, 2.24) is 0 Å². The molecule has 58 heavy (non-hydrogen) atoms. The average Bonchev–Trinajstić information content (AvgIpc) is 4.02. The van der Waals surface area contributed by atoms with Crippen molar-refractivity contribution in [2.75, 3.05) is 0 Å². The van der Waals surface area contributed by atoms with Gasteiger partial charge in [0.1, 0.15) is 0 Å². The van der Waals surface area contributed by atoms with Crippen LogP contribution >= 0.6 is 45.3 Å². The van der Waals surface area contributed by atoms with Gasteiger partial charge >= 0.3 is 0 Å². The first kappa shape index (κ1) is 35.5. The van der Waals surface area contributed by atoms with Crippen LogP contribution in [0.25, 0.3) is 106 Å². The molecule has 0 saturated heterocycles. The summed E-state index contributed by atoms with van der Waals surface area (Å²) < 4.78 is 5.37. The van der Waals surface area contributed by atoms with Crippen molar-refractivity contribution in [3.8, 4) is 65.4 Å². The predicted octanol–water partition coefficient (Wildman–Crippen LogP) is 17.8. The van der Waals surface area contributed by atoms with E-state index in [1.165, 1.54) is 127 Å². The highest BCUT2D eigenvalue weighted by Crippen LogP contribution is 2.44. The molecule has 7 aromatic carbocycles. The molecule has 11 rings (SSSR count). The minimum atomic E-state index is 1.25. The summed E-state index contributed by atoms with van der Waals surface area (Å²) in [5.41, 5.74) is 15.6. The van der Waals surface area contributed by atoms with Gasteiger partial charge in [-0.1, -0.05) is 121 Å². The van der Waals surface area contributed by atoms with Crippen LogP contribution in [0.15, 0.2) is 158 Å². The number of fused-ring (bicyclic) bond motifs is 4. The van der Waals surface area contributed by atoms with Gasteiger partial charge in [-0.2, -0.15) is 0 Å². The second-order valence-electron chi connectivity index (χ2n) is 15.4. The maximum Gasteiger partial charge on any atom is 0.0356 e. The zero-order valence-electron chi connectivity index (χ0n) is 32.6. The number of hydrogen-bond acceptors (Lipinski definition) is 4. The van der Waals surface area contributed by atoms with Crippen molar-refractivity contribution in [3.05, 3.63) is 179 Å². The normalized spacial score (nSPS) is 11.8. The number of thiophene rings is 4. The molecule has 4 aromatic heterocycles. The quantitative estimate of drug-likeness (QED) is 0.157. The van der Waals surface area contributed by atoms with E-state index in [0.29, 0.717) is 0 Å². The summed E-state index contributed by atoms with van der Waals surface area (Å²) in [7, 11) is 0. The Morgan fingerprint density at radius 3 is 1.10 bits per heavy atom. The van der Waals surface area contributed by atoms with Crippen LogP contribution in [0.5, 0.6) is 0 Å². The number of benzene rings is 7. The topological polar surface area (TPSA) is 0 Å². The Labute approximate surface area is 355 Å². The standard InChI is InChI=1S/C54H38S4/c1-31-25-39(21-23-43(31)53-33(3)55-47-11-7-5-9-45(47)53)35-13-17-37(18-14-35)49-27-41-29-52-42(30-51(41)57-49)28-50(58-52)38-19-15-36(16-20-38)40-22-24-44(32(2)26-40)54-34(4)56-48-12-8-6-10-46(48)54/h5-30H,1-4H3. The van der Waals surface area contributed by atoms with E-state index in [4.69, 9.17) is 0 Å². The molecule has 0 aliphatic carbocycles. The van der Waals surface area contributed by atoms with Crippen molar-refractivity contribution >= 4 is 85.7 Å². The van der Waals surface area contributed by atoms with Gasteiger partial charge in [-0.3, -0.25) is 0 Å². The lowest BCUT2D eigenvalue weighted by molar-refractivity contribution is 1.45.